The molecular formula is C8H16O3S. The number of carbonyl (C=O) groups is 1. The van der Waals surface area contributed by atoms with Gasteiger partial charge in [0.05, 0.1) is 0 Å². The summed E-state index contributed by atoms with van der Waals surface area (Å²) in [6.07, 6.45) is 0. The van der Waals surface area contributed by atoms with Gasteiger partial charge in [0.25, 0.3) is 0 Å². The third kappa shape index (κ3) is 2.30. The van der Waals surface area contributed by atoms with Crippen LogP contribution in [0.5, 0.6) is 0 Å². The molecule has 1 N–H and O–H groups in total. The summed E-state index contributed by atoms with van der Waals surface area (Å²) in [6, 6.07) is 0. The molecule has 72 valence electrons. The van der Waals surface area contributed by atoms with Crippen LogP contribution in [-0.2, 0) is 15.6 Å². The Bertz CT molecular complexity index is 213. The van der Waals surface area contributed by atoms with E-state index < -0.39 is 26.3 Å². The van der Waals surface area contributed by atoms with E-state index in [4.69, 9.17) is 5.11 Å². The minimum absolute atomic E-state index is 0.484. The van der Waals surface area contributed by atoms with E-state index in [0.717, 1.165) is 0 Å². The number of carboxylic acid groups (broad SMARTS) is 1. The van der Waals surface area contributed by atoms with E-state index in [1.54, 1.807) is 20.8 Å². The molecular weight excluding hydrogens is 176 g/mol. The molecule has 0 amide bonds. The van der Waals surface area contributed by atoms with Crippen LogP contribution >= 0.6 is 0 Å². The molecule has 0 spiro atoms. The predicted octanol–water partition coefficient (Wildman–Crippen LogP) is 1.40. The highest BCUT2D eigenvalue weighted by atomic mass is 32.2. The number of aliphatic carboxylic acids is 1. The second-order valence-corrected chi connectivity index (χ2v) is 6.98. The lowest BCUT2D eigenvalue weighted by Gasteiger charge is -2.27. The van der Waals surface area contributed by atoms with Crippen LogP contribution in [0.2, 0.25) is 0 Å². The summed E-state index contributed by atoms with van der Waals surface area (Å²) in [6.45, 7) is 8.28. The summed E-state index contributed by atoms with van der Waals surface area (Å²) in [7, 11) is -1.38. The molecule has 1 unspecified atom stereocenters. The fourth-order valence-electron chi connectivity index (χ4n) is 0.845. The minimum Gasteiger partial charge on any atom is -0.480 e. The Morgan fingerprint density at radius 3 is 1.58 bits per heavy atom. The molecule has 0 aromatic rings. The van der Waals surface area contributed by atoms with Crippen molar-refractivity contribution in [1.29, 1.82) is 0 Å². The average Bonchev–Trinajstić information content (AvgIpc) is 1.83. The van der Waals surface area contributed by atoms with Crippen molar-refractivity contribution in [3.8, 4) is 0 Å². The highest BCUT2D eigenvalue weighted by Gasteiger charge is 2.40. The zero-order chi connectivity index (χ0) is 10.2. The van der Waals surface area contributed by atoms with E-state index in [2.05, 4.69) is 0 Å². The first kappa shape index (κ1) is 11.6. The van der Waals surface area contributed by atoms with Crippen LogP contribution < -0.4 is 0 Å². The smallest absolute Gasteiger partial charge is 0.321 e. The molecule has 0 heterocycles. The first-order valence-electron chi connectivity index (χ1n) is 3.75. The van der Waals surface area contributed by atoms with Crippen molar-refractivity contribution in [2.24, 2.45) is 0 Å². The molecule has 0 bridgehead atoms. The summed E-state index contributed by atoms with van der Waals surface area (Å²) in [4.78, 5) is 10.7. The summed E-state index contributed by atoms with van der Waals surface area (Å²) >= 11 is 0. The van der Waals surface area contributed by atoms with Crippen molar-refractivity contribution in [2.75, 3.05) is 0 Å². The van der Waals surface area contributed by atoms with Crippen LogP contribution in [0.4, 0.5) is 0 Å². The molecule has 3 nitrogen and oxygen atoms in total. The Kier molecular flexibility index (Phi) is 3.07. The van der Waals surface area contributed by atoms with Gasteiger partial charge in [0.2, 0.25) is 0 Å². The number of hydrogen-bond acceptors (Lipinski definition) is 2. The van der Waals surface area contributed by atoms with Gasteiger partial charge < -0.3 is 5.11 Å². The van der Waals surface area contributed by atoms with E-state index in [-0.39, 0.29) is 0 Å². The molecule has 0 saturated carbocycles. The summed E-state index contributed by atoms with van der Waals surface area (Å²) < 4.78 is 10.0. The van der Waals surface area contributed by atoms with Crippen LogP contribution in [0.15, 0.2) is 0 Å². The largest absolute Gasteiger partial charge is 0.480 e. The molecule has 0 radical (unpaired) electrons. The Morgan fingerprint density at radius 1 is 1.17 bits per heavy atom. The Hall–Kier alpha value is -0.380. The summed E-state index contributed by atoms with van der Waals surface area (Å²) in [5, 5.41) is 8.78. The fraction of sp³-hybridized carbons (Fsp3) is 0.875. The normalized spacial score (nSPS) is 15.8. The van der Waals surface area contributed by atoms with Gasteiger partial charge in [-0.2, -0.15) is 0 Å². The number of carboxylic acids is 1. The zero-order valence-corrected chi connectivity index (χ0v) is 8.99. The van der Waals surface area contributed by atoms with Crippen LogP contribution in [0.1, 0.15) is 34.6 Å². The van der Waals surface area contributed by atoms with Gasteiger partial charge in [0.15, 0.2) is 0 Å². The molecule has 4 heteroatoms. The molecule has 0 rings (SSSR count). The van der Waals surface area contributed by atoms with Crippen LogP contribution in [0.25, 0.3) is 0 Å². The predicted molar refractivity (Wildman–Crippen MR) is 49.6 cm³/mol. The van der Waals surface area contributed by atoms with Gasteiger partial charge in [-0.05, 0) is 34.6 Å². The third-order valence-corrected chi connectivity index (χ3v) is 3.75. The second-order valence-electron chi connectivity index (χ2n) is 4.20. The molecule has 0 aromatic carbocycles. The molecule has 0 fully saturated rings. The van der Waals surface area contributed by atoms with Gasteiger partial charge in [-0.3, -0.25) is 9.00 Å². The number of hydrogen-bond donors (Lipinski definition) is 1. The van der Waals surface area contributed by atoms with E-state index in [0.29, 0.717) is 0 Å². The lowest BCUT2D eigenvalue weighted by molar-refractivity contribution is -0.139. The maximum atomic E-state index is 11.7. The topological polar surface area (TPSA) is 54.4 Å². The molecule has 0 aliphatic rings. The van der Waals surface area contributed by atoms with E-state index in [1.807, 2.05) is 0 Å². The molecule has 0 saturated heterocycles. The van der Waals surface area contributed by atoms with Crippen molar-refractivity contribution in [1.82, 2.24) is 0 Å². The van der Waals surface area contributed by atoms with Crippen molar-refractivity contribution in [3.63, 3.8) is 0 Å². The Labute approximate surface area is 75.6 Å². The Balaban J connectivity index is 4.83. The maximum Gasteiger partial charge on any atom is 0.321 e. The zero-order valence-electron chi connectivity index (χ0n) is 8.17. The second kappa shape index (κ2) is 3.17. The van der Waals surface area contributed by atoms with Gasteiger partial charge >= 0.3 is 5.97 Å². The molecule has 0 aliphatic carbocycles. The third-order valence-electron chi connectivity index (χ3n) is 1.53. The average molecular weight is 192 g/mol. The minimum atomic E-state index is -1.38. The van der Waals surface area contributed by atoms with Gasteiger partial charge in [-0.25, -0.2) is 0 Å². The summed E-state index contributed by atoms with van der Waals surface area (Å²) in [5.74, 6) is -1.02. The first-order chi connectivity index (χ1) is 5.10. The van der Waals surface area contributed by atoms with Crippen molar-refractivity contribution in [3.05, 3.63) is 0 Å². The molecule has 0 aromatic heterocycles. The highest BCUT2D eigenvalue weighted by Crippen LogP contribution is 2.24. The first-order valence-corrected chi connectivity index (χ1v) is 4.90. The Morgan fingerprint density at radius 2 is 1.50 bits per heavy atom. The quantitative estimate of drug-likeness (QED) is 0.719. The molecule has 1 atom stereocenters. The lowest BCUT2D eigenvalue weighted by Crippen LogP contribution is -2.44. The van der Waals surface area contributed by atoms with Crippen molar-refractivity contribution in [2.45, 2.75) is 44.1 Å². The van der Waals surface area contributed by atoms with Gasteiger partial charge in [0.1, 0.15) is 4.75 Å². The van der Waals surface area contributed by atoms with Crippen molar-refractivity contribution < 1.29 is 14.1 Å². The van der Waals surface area contributed by atoms with Crippen LogP contribution in [-0.4, -0.2) is 24.8 Å². The molecule has 12 heavy (non-hydrogen) atoms. The van der Waals surface area contributed by atoms with E-state index in [1.165, 1.54) is 13.8 Å². The van der Waals surface area contributed by atoms with E-state index in [9.17, 15) is 9.00 Å². The van der Waals surface area contributed by atoms with Crippen LogP contribution in [0.3, 0.4) is 0 Å². The van der Waals surface area contributed by atoms with E-state index >= 15 is 0 Å². The maximum absolute atomic E-state index is 11.7. The lowest BCUT2D eigenvalue weighted by atomic mass is 10.2. The number of rotatable bonds is 2. The van der Waals surface area contributed by atoms with Gasteiger partial charge in [-0.1, -0.05) is 0 Å². The standard InChI is InChI=1S/C8H16O3S/c1-7(2,3)12(11)8(4,5)6(9)10/h1-5H3,(H,9,10). The molecule has 0 aliphatic heterocycles. The van der Waals surface area contributed by atoms with Gasteiger partial charge in [0, 0.05) is 15.5 Å². The highest BCUT2D eigenvalue weighted by molar-refractivity contribution is 7.88. The van der Waals surface area contributed by atoms with Crippen molar-refractivity contribution >= 4 is 16.8 Å². The SMILES string of the molecule is CC(C)(C)S(=O)C(C)(C)C(=O)O. The monoisotopic (exact) mass is 192 g/mol. The summed E-state index contributed by atoms with van der Waals surface area (Å²) in [5.41, 5.74) is 0. The van der Waals surface area contributed by atoms with Crippen LogP contribution in [0, 0.1) is 0 Å². The fourth-order valence-corrected chi connectivity index (χ4v) is 2.53. The van der Waals surface area contributed by atoms with Gasteiger partial charge in [-0.15, -0.1) is 0 Å².